The number of fused-ring (bicyclic) bond motifs is 1. The fraction of sp³-hybridized carbons (Fsp3) is 0.333. The standard InChI is InChI=1S/C15H14FNO4/c1-7-9-4-8(16)2-3-12(9)21-13(7)6-17-14(18)10-5-11(10)15(19)20/h2-4,10-11H,5-6H2,1H3,(H,17,18)(H,19,20). The lowest BCUT2D eigenvalue weighted by molar-refractivity contribution is -0.140. The number of aliphatic carboxylic acids is 1. The number of benzene rings is 1. The molecule has 1 saturated carbocycles. The van der Waals surface area contributed by atoms with Gasteiger partial charge in [-0.25, -0.2) is 4.39 Å². The summed E-state index contributed by atoms with van der Waals surface area (Å²) in [5.74, 6) is -2.04. The zero-order valence-corrected chi connectivity index (χ0v) is 11.4. The van der Waals surface area contributed by atoms with E-state index in [1.807, 2.05) is 0 Å². The molecule has 2 aromatic rings. The molecular weight excluding hydrogens is 277 g/mol. The van der Waals surface area contributed by atoms with Crippen LogP contribution in [0.2, 0.25) is 0 Å². The third kappa shape index (κ3) is 2.49. The van der Waals surface area contributed by atoms with Crippen LogP contribution in [-0.4, -0.2) is 17.0 Å². The summed E-state index contributed by atoms with van der Waals surface area (Å²) in [6.45, 7) is 1.97. The second-order valence-corrected chi connectivity index (χ2v) is 5.30. The lowest BCUT2D eigenvalue weighted by atomic mass is 10.1. The molecule has 1 aromatic heterocycles. The van der Waals surface area contributed by atoms with Crippen LogP contribution < -0.4 is 5.32 Å². The van der Waals surface area contributed by atoms with Crippen LogP contribution in [0, 0.1) is 24.6 Å². The Labute approximate surface area is 119 Å². The Balaban J connectivity index is 1.70. The van der Waals surface area contributed by atoms with Gasteiger partial charge in [0, 0.05) is 10.9 Å². The molecule has 2 atom stereocenters. The van der Waals surface area contributed by atoms with Crippen LogP contribution in [-0.2, 0) is 16.1 Å². The second-order valence-electron chi connectivity index (χ2n) is 5.30. The molecule has 5 nitrogen and oxygen atoms in total. The quantitative estimate of drug-likeness (QED) is 0.905. The largest absolute Gasteiger partial charge is 0.481 e. The highest BCUT2D eigenvalue weighted by Gasteiger charge is 2.48. The third-order valence-corrected chi connectivity index (χ3v) is 3.86. The molecule has 1 heterocycles. The highest BCUT2D eigenvalue weighted by molar-refractivity contribution is 5.89. The number of carboxylic acids is 1. The molecule has 110 valence electrons. The fourth-order valence-electron chi connectivity index (χ4n) is 2.47. The minimum Gasteiger partial charge on any atom is -0.481 e. The van der Waals surface area contributed by atoms with Crippen molar-refractivity contribution in [1.82, 2.24) is 5.32 Å². The molecule has 0 saturated heterocycles. The van der Waals surface area contributed by atoms with Crippen LogP contribution in [0.3, 0.4) is 0 Å². The number of amides is 1. The highest BCUT2D eigenvalue weighted by atomic mass is 19.1. The zero-order chi connectivity index (χ0) is 15.1. The Bertz CT molecular complexity index is 737. The monoisotopic (exact) mass is 291 g/mol. The number of rotatable bonds is 4. The first-order valence-corrected chi connectivity index (χ1v) is 6.65. The minimum absolute atomic E-state index is 0.170. The van der Waals surface area contributed by atoms with Gasteiger partial charge >= 0.3 is 5.97 Å². The number of hydrogen-bond donors (Lipinski definition) is 2. The van der Waals surface area contributed by atoms with E-state index in [1.165, 1.54) is 12.1 Å². The molecule has 3 rings (SSSR count). The molecule has 0 spiro atoms. The number of carbonyl (C=O) groups excluding carboxylic acids is 1. The van der Waals surface area contributed by atoms with Crippen LogP contribution in [0.1, 0.15) is 17.7 Å². The van der Waals surface area contributed by atoms with Crippen molar-refractivity contribution in [3.05, 3.63) is 35.3 Å². The molecule has 2 unspecified atom stereocenters. The fourth-order valence-corrected chi connectivity index (χ4v) is 2.47. The van der Waals surface area contributed by atoms with Crippen molar-refractivity contribution in [3.63, 3.8) is 0 Å². The normalized spacial score (nSPS) is 20.5. The Kier molecular flexibility index (Phi) is 3.16. The summed E-state index contributed by atoms with van der Waals surface area (Å²) in [5.41, 5.74) is 1.34. The van der Waals surface area contributed by atoms with Crippen LogP contribution >= 0.6 is 0 Å². The summed E-state index contributed by atoms with van der Waals surface area (Å²) in [4.78, 5) is 22.5. The van der Waals surface area contributed by atoms with Gasteiger partial charge in [0.1, 0.15) is 17.2 Å². The van der Waals surface area contributed by atoms with E-state index in [0.29, 0.717) is 23.2 Å². The topological polar surface area (TPSA) is 79.5 Å². The van der Waals surface area contributed by atoms with Crippen LogP contribution in [0.4, 0.5) is 4.39 Å². The van der Waals surface area contributed by atoms with Crippen molar-refractivity contribution in [2.24, 2.45) is 11.8 Å². The molecule has 21 heavy (non-hydrogen) atoms. The predicted octanol–water partition coefficient (Wildman–Crippen LogP) is 2.22. The van der Waals surface area contributed by atoms with E-state index in [-0.39, 0.29) is 18.3 Å². The van der Waals surface area contributed by atoms with Gasteiger partial charge in [-0.3, -0.25) is 9.59 Å². The van der Waals surface area contributed by atoms with Crippen molar-refractivity contribution in [2.75, 3.05) is 0 Å². The maximum Gasteiger partial charge on any atom is 0.307 e. The molecular formula is C15H14FNO4. The third-order valence-electron chi connectivity index (χ3n) is 3.86. The first kappa shape index (κ1) is 13.6. The first-order valence-electron chi connectivity index (χ1n) is 6.65. The van der Waals surface area contributed by atoms with Gasteiger partial charge in [-0.05, 0) is 31.5 Å². The lowest BCUT2D eigenvalue weighted by Gasteiger charge is -2.02. The Hall–Kier alpha value is -2.37. The van der Waals surface area contributed by atoms with Gasteiger partial charge < -0.3 is 14.8 Å². The van der Waals surface area contributed by atoms with Crippen molar-refractivity contribution in [2.45, 2.75) is 19.9 Å². The van der Waals surface area contributed by atoms with E-state index in [0.717, 1.165) is 5.56 Å². The summed E-state index contributed by atoms with van der Waals surface area (Å²) < 4.78 is 18.8. The van der Waals surface area contributed by atoms with Crippen LogP contribution in [0.5, 0.6) is 0 Å². The summed E-state index contributed by atoms with van der Waals surface area (Å²) in [6, 6.07) is 4.25. The van der Waals surface area contributed by atoms with Gasteiger partial charge in [0.25, 0.3) is 0 Å². The van der Waals surface area contributed by atoms with Gasteiger partial charge in [0.15, 0.2) is 0 Å². The number of carbonyl (C=O) groups is 2. The molecule has 0 radical (unpaired) electrons. The van der Waals surface area contributed by atoms with E-state index in [2.05, 4.69) is 5.32 Å². The van der Waals surface area contributed by atoms with Crippen molar-refractivity contribution < 1.29 is 23.5 Å². The molecule has 1 fully saturated rings. The maximum atomic E-state index is 13.2. The van der Waals surface area contributed by atoms with E-state index >= 15 is 0 Å². The molecule has 1 aromatic carbocycles. The van der Waals surface area contributed by atoms with E-state index in [9.17, 15) is 14.0 Å². The number of hydrogen-bond acceptors (Lipinski definition) is 3. The zero-order valence-electron chi connectivity index (χ0n) is 11.4. The SMILES string of the molecule is Cc1c(CNC(=O)C2CC2C(=O)O)oc2ccc(F)cc12. The van der Waals surface area contributed by atoms with Crippen molar-refractivity contribution in [1.29, 1.82) is 0 Å². The molecule has 0 aliphatic heterocycles. The van der Waals surface area contributed by atoms with E-state index in [4.69, 9.17) is 9.52 Å². The molecule has 1 aliphatic carbocycles. The van der Waals surface area contributed by atoms with E-state index in [1.54, 1.807) is 13.0 Å². The smallest absolute Gasteiger partial charge is 0.307 e. The van der Waals surface area contributed by atoms with Gasteiger partial charge in [0.05, 0.1) is 18.4 Å². The molecule has 1 amide bonds. The lowest BCUT2D eigenvalue weighted by Crippen LogP contribution is -2.26. The minimum atomic E-state index is -0.939. The summed E-state index contributed by atoms with van der Waals surface area (Å²) in [7, 11) is 0. The first-order chi connectivity index (χ1) is 9.97. The average molecular weight is 291 g/mol. The van der Waals surface area contributed by atoms with Crippen LogP contribution in [0.25, 0.3) is 11.0 Å². The highest BCUT2D eigenvalue weighted by Crippen LogP contribution is 2.38. The van der Waals surface area contributed by atoms with Crippen molar-refractivity contribution in [3.8, 4) is 0 Å². The predicted molar refractivity (Wildman–Crippen MR) is 72.0 cm³/mol. The van der Waals surface area contributed by atoms with Crippen LogP contribution in [0.15, 0.2) is 22.6 Å². The second kappa shape index (κ2) is 4.87. The average Bonchev–Trinajstić information content (AvgIpc) is 3.19. The Morgan fingerprint density at radius 3 is 2.86 bits per heavy atom. The Morgan fingerprint density at radius 2 is 2.19 bits per heavy atom. The van der Waals surface area contributed by atoms with Gasteiger partial charge in [-0.15, -0.1) is 0 Å². The van der Waals surface area contributed by atoms with Gasteiger partial charge in [-0.1, -0.05) is 0 Å². The molecule has 1 aliphatic rings. The summed E-state index contributed by atoms with van der Waals surface area (Å²) >= 11 is 0. The number of aryl methyl sites for hydroxylation is 1. The molecule has 6 heteroatoms. The molecule has 2 N–H and O–H groups in total. The summed E-state index contributed by atoms with van der Waals surface area (Å²) in [6.07, 6.45) is 0.380. The number of carboxylic acid groups (broad SMARTS) is 1. The van der Waals surface area contributed by atoms with E-state index < -0.39 is 17.8 Å². The number of nitrogens with one attached hydrogen (secondary N) is 1. The number of halogens is 1. The summed E-state index contributed by atoms with van der Waals surface area (Å²) in [5, 5.41) is 12.1. The maximum absolute atomic E-state index is 13.2. The number of furan rings is 1. The molecule has 0 bridgehead atoms. The van der Waals surface area contributed by atoms with Gasteiger partial charge in [-0.2, -0.15) is 0 Å². The Morgan fingerprint density at radius 1 is 1.43 bits per heavy atom. The van der Waals surface area contributed by atoms with Crippen molar-refractivity contribution >= 4 is 22.8 Å². The van der Waals surface area contributed by atoms with Gasteiger partial charge in [0.2, 0.25) is 5.91 Å².